The Morgan fingerprint density at radius 1 is 0.566 bits per heavy atom. The van der Waals surface area contributed by atoms with Crippen molar-refractivity contribution in [2.75, 3.05) is 20.8 Å². The third-order valence-corrected chi connectivity index (χ3v) is 19.2. The van der Waals surface area contributed by atoms with E-state index in [0.29, 0.717) is 6.42 Å². The van der Waals surface area contributed by atoms with Crippen LogP contribution in [0.4, 0.5) is 0 Å². The molecule has 5 aliphatic carbocycles. The number of hydrogen-bond acceptors (Lipinski definition) is 20. The summed E-state index contributed by atoms with van der Waals surface area (Å²) in [6.07, 6.45) is -6.55. The maximum Gasteiger partial charge on any atom is 0.339 e. The van der Waals surface area contributed by atoms with Gasteiger partial charge in [0.2, 0.25) is 6.29 Å². The molecule has 0 aromatic heterocycles. The summed E-state index contributed by atoms with van der Waals surface area (Å²) >= 11 is 0. The van der Waals surface area contributed by atoms with Crippen molar-refractivity contribution in [2.24, 2.45) is 50.2 Å². The average molecular weight is 1080 g/mol. The van der Waals surface area contributed by atoms with Gasteiger partial charge >= 0.3 is 47.8 Å². The largest absolute Gasteiger partial charge is 0.469 e. The zero-order valence-corrected chi connectivity index (χ0v) is 47.1. The number of hydrogen-bond donors (Lipinski definition) is 0. The minimum absolute atomic E-state index is 0.0802. The molecule has 2 heterocycles. The first kappa shape index (κ1) is 59.0. The molecular weight excluding hydrogens is 993 g/mol. The highest BCUT2D eigenvalue weighted by molar-refractivity contribution is 5.79. The Morgan fingerprint density at radius 2 is 1.12 bits per heavy atom. The van der Waals surface area contributed by atoms with Gasteiger partial charge in [-0.05, 0) is 109 Å². The zero-order valence-electron chi connectivity index (χ0n) is 47.1. The maximum absolute atomic E-state index is 13.9. The number of methoxy groups -OCH3 is 2. The summed E-state index contributed by atoms with van der Waals surface area (Å²) in [4.78, 5) is 104. The summed E-state index contributed by atoms with van der Waals surface area (Å²) in [5.74, 6) is -5.86. The molecule has 7 rings (SSSR count). The number of carbonyl (C=O) groups is 8. The van der Waals surface area contributed by atoms with Crippen LogP contribution in [-0.2, 0) is 95.2 Å². The van der Waals surface area contributed by atoms with Crippen molar-refractivity contribution in [2.45, 2.75) is 222 Å². The van der Waals surface area contributed by atoms with Gasteiger partial charge in [0.25, 0.3) is 0 Å². The van der Waals surface area contributed by atoms with Gasteiger partial charge in [-0.15, -0.1) is 0 Å². The molecule has 18 atom stereocenters. The molecule has 2 saturated heterocycles. The summed E-state index contributed by atoms with van der Waals surface area (Å²) in [7, 11) is 2.56. The zero-order chi connectivity index (χ0) is 56.2. The van der Waals surface area contributed by atoms with Gasteiger partial charge in [-0.3, -0.25) is 33.6 Å². The summed E-state index contributed by atoms with van der Waals surface area (Å²) in [6, 6.07) is 0. The second kappa shape index (κ2) is 21.9. The van der Waals surface area contributed by atoms with Crippen LogP contribution in [0, 0.1) is 50.2 Å². The first-order valence-electron chi connectivity index (χ1n) is 26.9. The van der Waals surface area contributed by atoms with Crippen LogP contribution in [0.3, 0.4) is 0 Å². The molecule has 0 N–H and O–H groups in total. The fraction of sp³-hybridized carbons (Fsp3) is 0.821. The number of ether oxygens (including phenoxy) is 12. The van der Waals surface area contributed by atoms with Crippen LogP contribution in [0.2, 0.25) is 0 Å². The van der Waals surface area contributed by atoms with E-state index in [1.807, 2.05) is 0 Å². The molecule has 0 aromatic carbocycles. The Kier molecular flexibility index (Phi) is 17.0. The van der Waals surface area contributed by atoms with E-state index in [4.69, 9.17) is 56.8 Å². The molecule has 426 valence electrons. The number of esters is 8. The van der Waals surface area contributed by atoms with Gasteiger partial charge in [0.1, 0.15) is 12.7 Å². The van der Waals surface area contributed by atoms with Crippen molar-refractivity contribution in [3.63, 3.8) is 0 Å². The van der Waals surface area contributed by atoms with Crippen LogP contribution < -0.4 is 0 Å². The van der Waals surface area contributed by atoms with Gasteiger partial charge in [-0.25, -0.2) is 4.79 Å². The predicted octanol–water partition coefficient (Wildman–Crippen LogP) is 6.58. The van der Waals surface area contributed by atoms with Gasteiger partial charge in [-0.2, -0.15) is 0 Å². The molecule has 4 saturated carbocycles. The van der Waals surface area contributed by atoms with E-state index in [1.165, 1.54) is 19.6 Å². The fourth-order valence-electron chi connectivity index (χ4n) is 15.7. The van der Waals surface area contributed by atoms with E-state index in [2.05, 4.69) is 54.5 Å². The third-order valence-electron chi connectivity index (χ3n) is 19.2. The van der Waals surface area contributed by atoms with Crippen molar-refractivity contribution in [3.05, 3.63) is 11.6 Å². The summed E-state index contributed by atoms with van der Waals surface area (Å²) in [5.41, 5.74) is -0.0746. The highest BCUT2D eigenvalue weighted by Gasteiger charge is 2.70. The Hall–Kier alpha value is -4.66. The molecule has 7 aliphatic rings. The predicted molar refractivity (Wildman–Crippen MR) is 265 cm³/mol. The summed E-state index contributed by atoms with van der Waals surface area (Å²) < 4.78 is 71.3. The highest BCUT2D eigenvalue weighted by Crippen LogP contribution is 2.76. The fourth-order valence-corrected chi connectivity index (χ4v) is 15.7. The van der Waals surface area contributed by atoms with E-state index in [1.54, 1.807) is 0 Å². The van der Waals surface area contributed by atoms with Crippen LogP contribution in [0.25, 0.3) is 0 Å². The van der Waals surface area contributed by atoms with Gasteiger partial charge in [0, 0.05) is 41.5 Å². The smallest absolute Gasteiger partial charge is 0.339 e. The molecule has 0 aromatic rings. The minimum atomic E-state index is -1.92. The van der Waals surface area contributed by atoms with Crippen molar-refractivity contribution in [1.82, 2.24) is 0 Å². The molecule has 6 fully saturated rings. The van der Waals surface area contributed by atoms with Crippen molar-refractivity contribution in [3.8, 4) is 0 Å². The van der Waals surface area contributed by atoms with Gasteiger partial charge in [0.05, 0.1) is 25.7 Å². The quantitative estimate of drug-likeness (QED) is 0.0818. The summed E-state index contributed by atoms with van der Waals surface area (Å²) in [5, 5.41) is 0. The Balaban J connectivity index is 1.28. The maximum atomic E-state index is 13.9. The molecule has 76 heavy (non-hydrogen) atoms. The Labute approximate surface area is 446 Å². The van der Waals surface area contributed by atoms with Crippen LogP contribution in [0.1, 0.15) is 154 Å². The van der Waals surface area contributed by atoms with E-state index in [9.17, 15) is 38.4 Å². The van der Waals surface area contributed by atoms with Gasteiger partial charge in [0.15, 0.2) is 49.0 Å². The van der Waals surface area contributed by atoms with Crippen LogP contribution >= 0.6 is 0 Å². The SMILES string of the molecule is COC(=O)[C@H]1O[C@@H](O[C@H]2[C@@H](O[C@H]3CC[C@]4(C)[C@H]5CC=C6[C@@H]7CC(C)(C)CC[C@]7(C(=O)OC)CC[C@@]6(C)[C@]5(C)CC[C@H]4C3(C)C)O[C@H](COC(C)=O)[C@@H](OC(C)=O)[C@@H]2OC(C)=O)[C@H](OC(C)=O)[C@@H](OC(C)=O)[C@@H]1OC(C)=O. The molecule has 0 unspecified atom stereocenters. The van der Waals surface area contributed by atoms with Crippen LogP contribution in [0.15, 0.2) is 11.6 Å². The van der Waals surface area contributed by atoms with E-state index in [0.717, 1.165) is 99.5 Å². The van der Waals surface area contributed by atoms with Crippen molar-refractivity contribution < 1.29 is 95.2 Å². The van der Waals surface area contributed by atoms with Crippen LogP contribution in [0.5, 0.6) is 0 Å². The third kappa shape index (κ3) is 10.8. The van der Waals surface area contributed by atoms with Gasteiger partial charge in [-0.1, -0.05) is 60.1 Å². The normalized spacial score (nSPS) is 41.0. The molecule has 20 nitrogen and oxygen atoms in total. The molecular formula is C56H82O20. The lowest BCUT2D eigenvalue weighted by atomic mass is 9.33. The van der Waals surface area contributed by atoms with E-state index < -0.39 is 127 Å². The first-order valence-corrected chi connectivity index (χ1v) is 26.9. The van der Waals surface area contributed by atoms with E-state index >= 15 is 0 Å². The van der Waals surface area contributed by atoms with Crippen molar-refractivity contribution in [1.29, 1.82) is 0 Å². The second-order valence-corrected chi connectivity index (χ2v) is 24.6. The monoisotopic (exact) mass is 1070 g/mol. The summed E-state index contributed by atoms with van der Waals surface area (Å²) in [6.45, 7) is 22.4. The lowest BCUT2D eigenvalue weighted by molar-refractivity contribution is -0.376. The number of fused-ring (bicyclic) bond motifs is 7. The number of allylic oxidation sites excluding steroid dienone is 2. The molecule has 0 spiro atoms. The Bertz CT molecular complexity index is 2310. The highest BCUT2D eigenvalue weighted by atomic mass is 16.8. The minimum Gasteiger partial charge on any atom is -0.469 e. The Morgan fingerprint density at radius 3 is 1.70 bits per heavy atom. The molecule has 0 radical (unpaired) electrons. The lowest BCUT2D eigenvalue weighted by Gasteiger charge is -2.71. The number of rotatable bonds is 13. The van der Waals surface area contributed by atoms with Crippen LogP contribution in [-0.4, -0.2) is 136 Å². The second-order valence-electron chi connectivity index (χ2n) is 24.6. The van der Waals surface area contributed by atoms with Crippen molar-refractivity contribution >= 4 is 47.8 Å². The first-order chi connectivity index (χ1) is 35.4. The number of carbonyl (C=O) groups excluding carboxylic acids is 8. The standard InChI is InChI=1S/C56H82O20/c1-28(57)67-27-36-40(68-29(2)58)41(69-30(3)59)46(76-49-45(72-33(6)62)43(71-32(5)61)42(70-31(4)60)44(75-49)47(63)65-14)48(73-36)74-39-19-20-53(11)37(52(39,9)10)18-21-55(13)38(53)17-16-34-35-26-51(7,8)22-24-56(35,50(64)66-15)25-23-54(34,55)12/h16,35-46,48-49H,17-27H2,1-15H3/t35-,36+,37-,38+,39-,40+,41-,42-,43-,44-,45+,46+,48+,49-,53-,54+,55+,56-/m0/s1. The molecule has 0 amide bonds. The molecule has 0 bridgehead atoms. The molecule has 20 heteroatoms. The van der Waals surface area contributed by atoms with Gasteiger partial charge < -0.3 is 56.8 Å². The lowest BCUT2D eigenvalue weighted by Crippen LogP contribution is -2.68. The topological polar surface area (TPSA) is 247 Å². The molecule has 2 aliphatic heterocycles. The average Bonchev–Trinajstić information content (AvgIpc) is 3.31. The van der Waals surface area contributed by atoms with E-state index in [-0.39, 0.29) is 45.4 Å².